The Hall–Kier alpha value is -1.99. The summed E-state index contributed by atoms with van der Waals surface area (Å²) < 4.78 is 49.7. The minimum absolute atomic E-state index is 0.0804. The Balaban J connectivity index is 3.35. The molecule has 0 fully saturated rings. The van der Waals surface area contributed by atoms with E-state index in [4.69, 9.17) is 4.74 Å². The fourth-order valence-electron chi connectivity index (χ4n) is 1.24. The third-order valence-corrected chi connectivity index (χ3v) is 1.97. The Morgan fingerprint density at radius 1 is 1.28 bits per heavy atom. The van der Waals surface area contributed by atoms with Gasteiger partial charge in [-0.3, -0.25) is 0 Å². The van der Waals surface area contributed by atoms with Crippen LogP contribution in [0.1, 0.15) is 16.1 Å². The van der Waals surface area contributed by atoms with Gasteiger partial charge in [-0.15, -0.1) is 13.2 Å². The first-order chi connectivity index (χ1) is 8.30. The third kappa shape index (κ3) is 3.02. The molecule has 0 saturated heterocycles. The number of methoxy groups -OCH3 is 2. The molecule has 0 atom stereocenters. The van der Waals surface area contributed by atoms with Gasteiger partial charge in [0, 0.05) is 11.8 Å². The van der Waals surface area contributed by atoms with Crippen LogP contribution in [-0.2, 0) is 4.74 Å². The van der Waals surface area contributed by atoms with E-state index in [-0.39, 0.29) is 11.3 Å². The number of hydrogen-bond donors (Lipinski definition) is 0. The van der Waals surface area contributed by atoms with Crippen molar-refractivity contribution in [2.24, 2.45) is 0 Å². The number of rotatable bonds is 3. The Morgan fingerprint density at radius 2 is 1.89 bits per heavy atom. The van der Waals surface area contributed by atoms with Gasteiger partial charge in [0.2, 0.25) is 0 Å². The monoisotopic (exact) mass is 265 g/mol. The largest absolute Gasteiger partial charge is 0.573 e. The smallest absolute Gasteiger partial charge is 0.491 e. The third-order valence-electron chi connectivity index (χ3n) is 1.97. The summed E-state index contributed by atoms with van der Waals surface area (Å²) in [6, 6.07) is 0. The maximum Gasteiger partial charge on any atom is 0.573 e. The van der Waals surface area contributed by atoms with Crippen LogP contribution in [0.5, 0.6) is 11.5 Å². The lowest BCUT2D eigenvalue weighted by atomic mass is 10.2. The van der Waals surface area contributed by atoms with E-state index >= 15 is 0 Å². The molecule has 0 amide bonds. The molecule has 0 unspecified atom stereocenters. The second-order valence-corrected chi connectivity index (χ2v) is 3.19. The van der Waals surface area contributed by atoms with E-state index in [0.29, 0.717) is 0 Å². The first kappa shape index (κ1) is 14.1. The molecule has 0 N–H and O–H groups in total. The van der Waals surface area contributed by atoms with Crippen LogP contribution < -0.4 is 9.47 Å². The molecule has 0 bridgehead atoms. The maximum absolute atomic E-state index is 12.2. The van der Waals surface area contributed by atoms with Crippen LogP contribution in [0, 0.1) is 6.92 Å². The lowest BCUT2D eigenvalue weighted by Crippen LogP contribution is -2.19. The normalized spacial score (nSPS) is 11.0. The van der Waals surface area contributed by atoms with Gasteiger partial charge in [-0.05, 0) is 6.92 Å². The van der Waals surface area contributed by atoms with E-state index in [1.165, 1.54) is 6.92 Å². The molecule has 5 nitrogen and oxygen atoms in total. The summed E-state index contributed by atoms with van der Waals surface area (Å²) >= 11 is 0. The van der Waals surface area contributed by atoms with Crippen molar-refractivity contribution in [1.82, 2.24) is 4.98 Å². The quantitative estimate of drug-likeness (QED) is 0.783. The molecule has 100 valence electrons. The van der Waals surface area contributed by atoms with Crippen molar-refractivity contribution in [3.8, 4) is 11.5 Å². The number of nitrogens with zero attached hydrogens (tertiary/aromatic N) is 1. The summed E-state index contributed by atoms with van der Waals surface area (Å²) in [5.41, 5.74) is -0.304. The summed E-state index contributed by atoms with van der Waals surface area (Å²) in [5.74, 6) is -1.95. The Kier molecular flexibility index (Phi) is 4.00. The molecular weight excluding hydrogens is 255 g/mol. The summed E-state index contributed by atoms with van der Waals surface area (Å²) in [6.07, 6.45) is -3.83. The van der Waals surface area contributed by atoms with Crippen molar-refractivity contribution < 1.29 is 32.2 Å². The SMILES string of the molecule is COC(=O)c1ncc(C)c(OC(F)(F)F)c1OC. The minimum atomic E-state index is -4.90. The van der Waals surface area contributed by atoms with Crippen LogP contribution >= 0.6 is 0 Å². The second-order valence-electron chi connectivity index (χ2n) is 3.19. The predicted molar refractivity (Wildman–Crippen MR) is 53.5 cm³/mol. The van der Waals surface area contributed by atoms with Crippen LogP contribution in [0.25, 0.3) is 0 Å². The summed E-state index contributed by atoms with van der Waals surface area (Å²) in [5, 5.41) is 0. The van der Waals surface area contributed by atoms with Crippen molar-refractivity contribution in [3.05, 3.63) is 17.5 Å². The molecule has 0 aliphatic heterocycles. The number of aromatic nitrogens is 1. The van der Waals surface area contributed by atoms with Crippen molar-refractivity contribution >= 4 is 5.97 Å². The molecule has 8 heteroatoms. The lowest BCUT2D eigenvalue weighted by molar-refractivity contribution is -0.275. The van der Waals surface area contributed by atoms with E-state index in [1.54, 1.807) is 0 Å². The number of alkyl halides is 3. The van der Waals surface area contributed by atoms with E-state index in [0.717, 1.165) is 20.4 Å². The lowest BCUT2D eigenvalue weighted by Gasteiger charge is -2.16. The van der Waals surface area contributed by atoms with Crippen LogP contribution in [0.2, 0.25) is 0 Å². The average molecular weight is 265 g/mol. The van der Waals surface area contributed by atoms with E-state index < -0.39 is 23.8 Å². The number of pyridine rings is 1. The molecule has 0 spiro atoms. The van der Waals surface area contributed by atoms with Gasteiger partial charge in [0.25, 0.3) is 0 Å². The first-order valence-corrected chi connectivity index (χ1v) is 4.67. The average Bonchev–Trinajstić information content (AvgIpc) is 2.29. The van der Waals surface area contributed by atoms with Gasteiger partial charge < -0.3 is 14.2 Å². The fourth-order valence-corrected chi connectivity index (χ4v) is 1.24. The van der Waals surface area contributed by atoms with Crippen molar-refractivity contribution in [3.63, 3.8) is 0 Å². The number of carbonyl (C=O) groups excluding carboxylic acids is 1. The molecule has 18 heavy (non-hydrogen) atoms. The molecule has 0 aliphatic carbocycles. The molecule has 1 aromatic heterocycles. The summed E-state index contributed by atoms with van der Waals surface area (Å²) in [6.45, 7) is 1.34. The van der Waals surface area contributed by atoms with Gasteiger partial charge >= 0.3 is 12.3 Å². The highest BCUT2D eigenvalue weighted by Gasteiger charge is 2.35. The van der Waals surface area contributed by atoms with Crippen LogP contribution in [-0.4, -0.2) is 31.5 Å². The minimum Gasteiger partial charge on any atom is -0.491 e. The molecule has 1 aromatic rings. The van der Waals surface area contributed by atoms with Gasteiger partial charge in [0.15, 0.2) is 17.2 Å². The van der Waals surface area contributed by atoms with E-state index in [1.807, 2.05) is 0 Å². The highest BCUT2D eigenvalue weighted by Crippen LogP contribution is 2.37. The molecule has 0 aromatic carbocycles. The van der Waals surface area contributed by atoms with Gasteiger partial charge in [-0.1, -0.05) is 0 Å². The second kappa shape index (κ2) is 5.11. The highest BCUT2D eigenvalue weighted by molar-refractivity contribution is 5.91. The molecular formula is C10H10F3NO4. The van der Waals surface area contributed by atoms with Gasteiger partial charge in [0.05, 0.1) is 14.2 Å². The Bertz CT molecular complexity index is 459. The first-order valence-electron chi connectivity index (χ1n) is 4.67. The standard InChI is InChI=1S/C10H10F3NO4/c1-5-4-14-6(9(15)17-3)8(16-2)7(5)18-10(11,12)13/h4H,1-3H3. The van der Waals surface area contributed by atoms with Crippen LogP contribution in [0.15, 0.2) is 6.20 Å². The summed E-state index contributed by atoms with van der Waals surface area (Å²) in [4.78, 5) is 15.0. The maximum atomic E-state index is 12.2. The van der Waals surface area contributed by atoms with Crippen molar-refractivity contribution in [1.29, 1.82) is 0 Å². The summed E-state index contributed by atoms with van der Waals surface area (Å²) in [7, 11) is 2.18. The zero-order chi connectivity index (χ0) is 13.9. The number of halogens is 3. The van der Waals surface area contributed by atoms with Crippen molar-refractivity contribution in [2.45, 2.75) is 13.3 Å². The predicted octanol–water partition coefficient (Wildman–Crippen LogP) is 2.08. The van der Waals surface area contributed by atoms with Gasteiger partial charge in [-0.25, -0.2) is 9.78 Å². The molecule has 0 saturated carbocycles. The number of ether oxygens (including phenoxy) is 3. The molecule has 1 rings (SSSR count). The van der Waals surface area contributed by atoms with Crippen LogP contribution in [0.3, 0.4) is 0 Å². The Morgan fingerprint density at radius 3 is 2.33 bits per heavy atom. The number of carbonyl (C=O) groups is 1. The van der Waals surface area contributed by atoms with E-state index in [2.05, 4.69) is 14.5 Å². The topological polar surface area (TPSA) is 57.7 Å². The van der Waals surface area contributed by atoms with E-state index in [9.17, 15) is 18.0 Å². The molecule has 0 aliphatic rings. The molecule has 0 radical (unpaired) electrons. The molecule has 1 heterocycles. The zero-order valence-electron chi connectivity index (χ0n) is 9.79. The van der Waals surface area contributed by atoms with Gasteiger partial charge in [-0.2, -0.15) is 0 Å². The van der Waals surface area contributed by atoms with Crippen molar-refractivity contribution in [2.75, 3.05) is 14.2 Å². The Labute approximate surface area is 100 Å². The van der Waals surface area contributed by atoms with Gasteiger partial charge in [0.1, 0.15) is 0 Å². The van der Waals surface area contributed by atoms with Crippen LogP contribution in [0.4, 0.5) is 13.2 Å². The number of aryl methyl sites for hydroxylation is 1. The zero-order valence-corrected chi connectivity index (χ0v) is 9.79. The highest BCUT2D eigenvalue weighted by atomic mass is 19.4. The fraction of sp³-hybridized carbons (Fsp3) is 0.400. The number of esters is 1. The number of hydrogen-bond acceptors (Lipinski definition) is 5.